The lowest BCUT2D eigenvalue weighted by Gasteiger charge is -2.01. The van der Waals surface area contributed by atoms with Crippen LogP contribution in [0.15, 0.2) is 11.6 Å². The molecule has 0 unspecified atom stereocenters. The molecule has 0 atom stereocenters. The van der Waals surface area contributed by atoms with Crippen LogP contribution in [0.4, 0.5) is 10.9 Å². The molecule has 1 amide bonds. The SMILES string of the molecule is Cc1cn[nH]c1NC(=O)Cc1csc(NS(C)(=O)=O)n1. The highest BCUT2D eigenvalue weighted by atomic mass is 32.2. The average Bonchev–Trinajstić information content (AvgIpc) is 2.87. The van der Waals surface area contributed by atoms with Gasteiger partial charge in [-0.1, -0.05) is 0 Å². The summed E-state index contributed by atoms with van der Waals surface area (Å²) in [5, 5.41) is 11.0. The number of carbonyl (C=O) groups excluding carboxylic acids is 1. The quantitative estimate of drug-likeness (QED) is 0.752. The Bertz CT molecular complexity index is 719. The molecule has 0 bridgehead atoms. The van der Waals surface area contributed by atoms with E-state index in [0.29, 0.717) is 11.5 Å². The van der Waals surface area contributed by atoms with Crippen LogP contribution in [-0.2, 0) is 21.2 Å². The lowest BCUT2D eigenvalue weighted by Crippen LogP contribution is -2.15. The first-order chi connectivity index (χ1) is 9.33. The number of amides is 1. The average molecular weight is 315 g/mol. The van der Waals surface area contributed by atoms with Gasteiger partial charge in [0.05, 0.1) is 24.6 Å². The molecule has 20 heavy (non-hydrogen) atoms. The van der Waals surface area contributed by atoms with Crippen LogP contribution in [0.3, 0.4) is 0 Å². The van der Waals surface area contributed by atoms with E-state index in [-0.39, 0.29) is 17.5 Å². The molecule has 108 valence electrons. The Balaban J connectivity index is 1.97. The van der Waals surface area contributed by atoms with Gasteiger partial charge in [0.2, 0.25) is 15.9 Å². The predicted molar refractivity (Wildman–Crippen MR) is 76.2 cm³/mol. The minimum Gasteiger partial charge on any atom is -0.311 e. The molecule has 8 nitrogen and oxygen atoms in total. The Morgan fingerprint density at radius 2 is 2.25 bits per heavy atom. The van der Waals surface area contributed by atoms with E-state index in [1.54, 1.807) is 11.6 Å². The van der Waals surface area contributed by atoms with Crippen molar-refractivity contribution in [1.82, 2.24) is 15.2 Å². The molecule has 0 spiro atoms. The zero-order chi connectivity index (χ0) is 14.8. The molecule has 0 aliphatic heterocycles. The van der Waals surface area contributed by atoms with E-state index in [1.807, 2.05) is 6.92 Å². The van der Waals surface area contributed by atoms with Gasteiger partial charge >= 0.3 is 0 Å². The third-order valence-corrected chi connectivity index (χ3v) is 3.76. The van der Waals surface area contributed by atoms with Crippen LogP contribution < -0.4 is 10.0 Å². The fraction of sp³-hybridized carbons (Fsp3) is 0.300. The summed E-state index contributed by atoms with van der Waals surface area (Å²) in [6.45, 7) is 1.82. The van der Waals surface area contributed by atoms with E-state index in [4.69, 9.17) is 0 Å². The maximum Gasteiger partial charge on any atom is 0.231 e. The van der Waals surface area contributed by atoms with Gasteiger partial charge in [-0.25, -0.2) is 13.4 Å². The van der Waals surface area contributed by atoms with Crippen molar-refractivity contribution in [1.29, 1.82) is 0 Å². The molecule has 0 saturated heterocycles. The molecule has 0 saturated carbocycles. The van der Waals surface area contributed by atoms with Crippen molar-refractivity contribution in [3.63, 3.8) is 0 Å². The normalized spacial score (nSPS) is 11.3. The first-order valence-corrected chi connectivity index (χ1v) is 8.32. The molecular formula is C10H13N5O3S2. The molecule has 2 heterocycles. The van der Waals surface area contributed by atoms with Crippen molar-refractivity contribution in [2.24, 2.45) is 0 Å². The largest absolute Gasteiger partial charge is 0.311 e. The van der Waals surface area contributed by atoms with E-state index < -0.39 is 10.0 Å². The van der Waals surface area contributed by atoms with Gasteiger partial charge in [0, 0.05) is 10.9 Å². The lowest BCUT2D eigenvalue weighted by molar-refractivity contribution is -0.115. The molecule has 0 aromatic carbocycles. The monoisotopic (exact) mass is 315 g/mol. The van der Waals surface area contributed by atoms with Crippen LogP contribution in [-0.4, -0.2) is 35.8 Å². The van der Waals surface area contributed by atoms with E-state index in [0.717, 1.165) is 23.2 Å². The first kappa shape index (κ1) is 14.5. The molecule has 2 aromatic rings. The maximum absolute atomic E-state index is 11.8. The number of thiazole rings is 1. The Morgan fingerprint density at radius 1 is 1.50 bits per heavy atom. The van der Waals surface area contributed by atoms with E-state index in [1.165, 1.54) is 0 Å². The van der Waals surface area contributed by atoms with Crippen molar-refractivity contribution >= 4 is 38.2 Å². The van der Waals surface area contributed by atoms with Gasteiger partial charge in [-0.15, -0.1) is 11.3 Å². The summed E-state index contributed by atoms with van der Waals surface area (Å²) >= 11 is 1.13. The fourth-order valence-corrected chi connectivity index (χ4v) is 2.98. The summed E-state index contributed by atoms with van der Waals surface area (Å²) in [5.41, 5.74) is 1.33. The molecule has 3 N–H and O–H groups in total. The third kappa shape index (κ3) is 4.03. The smallest absolute Gasteiger partial charge is 0.231 e. The number of carbonyl (C=O) groups is 1. The predicted octanol–water partition coefficient (Wildman–Crippen LogP) is 0.727. The topological polar surface area (TPSA) is 117 Å². The number of hydrogen-bond acceptors (Lipinski definition) is 6. The standard InChI is InChI=1S/C10H13N5O3S2/c1-6-4-11-14-9(6)13-8(16)3-7-5-19-10(12-7)15-20(2,17)18/h4-5H,3H2,1-2H3,(H,12,15)(H2,11,13,14,16). The number of rotatable bonds is 5. The van der Waals surface area contributed by atoms with Crippen molar-refractivity contribution in [2.45, 2.75) is 13.3 Å². The Kier molecular flexibility index (Phi) is 4.04. The highest BCUT2D eigenvalue weighted by molar-refractivity contribution is 7.92. The second kappa shape index (κ2) is 5.59. The van der Waals surface area contributed by atoms with Gasteiger partial charge in [0.15, 0.2) is 5.13 Å². The molecule has 0 aliphatic carbocycles. The van der Waals surface area contributed by atoms with Gasteiger partial charge in [-0.3, -0.25) is 14.6 Å². The number of anilines is 2. The molecule has 0 fully saturated rings. The summed E-state index contributed by atoms with van der Waals surface area (Å²) < 4.78 is 24.4. The molecule has 2 aromatic heterocycles. The lowest BCUT2D eigenvalue weighted by atomic mass is 10.3. The second-order valence-electron chi connectivity index (χ2n) is 4.17. The van der Waals surface area contributed by atoms with Gasteiger partial charge in [-0.05, 0) is 6.92 Å². The molecular weight excluding hydrogens is 302 g/mol. The second-order valence-corrected chi connectivity index (χ2v) is 6.78. The summed E-state index contributed by atoms with van der Waals surface area (Å²) in [4.78, 5) is 15.8. The summed E-state index contributed by atoms with van der Waals surface area (Å²) in [5.74, 6) is 0.285. The number of aromatic nitrogens is 3. The number of hydrogen-bond donors (Lipinski definition) is 3. The van der Waals surface area contributed by atoms with Crippen LogP contribution >= 0.6 is 11.3 Å². The number of sulfonamides is 1. The molecule has 2 rings (SSSR count). The molecule has 0 aliphatic rings. The van der Waals surface area contributed by atoms with Crippen LogP contribution in [0.25, 0.3) is 0 Å². The van der Waals surface area contributed by atoms with E-state index in [9.17, 15) is 13.2 Å². The number of H-pyrrole nitrogens is 1. The van der Waals surface area contributed by atoms with Crippen LogP contribution in [0, 0.1) is 6.92 Å². The van der Waals surface area contributed by atoms with Crippen molar-refractivity contribution in [3.8, 4) is 0 Å². The highest BCUT2D eigenvalue weighted by Crippen LogP contribution is 2.17. The number of nitrogens with zero attached hydrogens (tertiary/aromatic N) is 2. The first-order valence-electron chi connectivity index (χ1n) is 5.55. The Hall–Kier alpha value is -1.94. The number of aryl methyl sites for hydroxylation is 1. The summed E-state index contributed by atoms with van der Waals surface area (Å²) in [6.07, 6.45) is 2.70. The zero-order valence-corrected chi connectivity index (χ0v) is 12.4. The third-order valence-electron chi connectivity index (χ3n) is 2.26. The van der Waals surface area contributed by atoms with Crippen molar-refractivity contribution < 1.29 is 13.2 Å². The summed E-state index contributed by atoms with van der Waals surface area (Å²) in [7, 11) is -3.35. The maximum atomic E-state index is 11.8. The van der Waals surface area contributed by atoms with E-state index in [2.05, 4.69) is 25.2 Å². The molecule has 10 heteroatoms. The van der Waals surface area contributed by atoms with Crippen LogP contribution in [0.1, 0.15) is 11.3 Å². The number of nitrogens with one attached hydrogen (secondary N) is 3. The minimum absolute atomic E-state index is 0.0560. The van der Waals surface area contributed by atoms with Crippen molar-refractivity contribution in [3.05, 3.63) is 22.8 Å². The Labute approximate surface area is 119 Å². The van der Waals surface area contributed by atoms with Gasteiger partial charge in [-0.2, -0.15) is 5.10 Å². The van der Waals surface area contributed by atoms with Gasteiger partial charge in [0.25, 0.3) is 0 Å². The van der Waals surface area contributed by atoms with Crippen molar-refractivity contribution in [2.75, 3.05) is 16.3 Å². The Morgan fingerprint density at radius 3 is 2.85 bits per heavy atom. The van der Waals surface area contributed by atoms with E-state index >= 15 is 0 Å². The fourth-order valence-electron chi connectivity index (χ4n) is 1.41. The van der Waals surface area contributed by atoms with Gasteiger partial charge in [0.1, 0.15) is 5.82 Å². The van der Waals surface area contributed by atoms with Gasteiger partial charge < -0.3 is 5.32 Å². The summed E-state index contributed by atoms with van der Waals surface area (Å²) in [6, 6.07) is 0. The van der Waals surface area contributed by atoms with Crippen LogP contribution in [0.2, 0.25) is 0 Å². The highest BCUT2D eigenvalue weighted by Gasteiger charge is 2.11. The molecule has 0 radical (unpaired) electrons. The number of aromatic amines is 1. The zero-order valence-electron chi connectivity index (χ0n) is 10.8. The van der Waals surface area contributed by atoms with Crippen LogP contribution in [0.5, 0.6) is 0 Å². The minimum atomic E-state index is -3.35.